The normalized spacial score (nSPS) is 19.9. The topological polar surface area (TPSA) is 122 Å². The van der Waals surface area contributed by atoms with Gasteiger partial charge in [-0.15, -0.1) is 0 Å². The molecular formula is C21H28N4O4. The molecule has 4 amide bonds. The molecule has 1 fully saturated rings. The van der Waals surface area contributed by atoms with Crippen molar-refractivity contribution in [2.45, 2.75) is 52.2 Å². The lowest BCUT2D eigenvalue weighted by molar-refractivity contribution is -0.137. The van der Waals surface area contributed by atoms with E-state index in [9.17, 15) is 19.2 Å². The lowest BCUT2D eigenvalue weighted by atomic mass is 9.96. The summed E-state index contributed by atoms with van der Waals surface area (Å²) in [6.07, 6.45) is 1.30. The molecule has 156 valence electrons. The number of piperidine rings is 1. The van der Waals surface area contributed by atoms with Gasteiger partial charge in [-0.3, -0.25) is 24.5 Å². The molecule has 0 radical (unpaired) electrons. The summed E-state index contributed by atoms with van der Waals surface area (Å²) in [7, 11) is 0. The second-order valence-electron chi connectivity index (χ2n) is 8.17. The van der Waals surface area contributed by atoms with Gasteiger partial charge in [0, 0.05) is 31.6 Å². The number of amides is 4. The Labute approximate surface area is 170 Å². The molecule has 0 saturated carbocycles. The molecule has 2 aliphatic heterocycles. The zero-order valence-corrected chi connectivity index (χ0v) is 16.9. The highest BCUT2D eigenvalue weighted by molar-refractivity contribution is 6.05. The first kappa shape index (κ1) is 21.0. The first-order valence-electron chi connectivity index (χ1n) is 10.0. The summed E-state index contributed by atoms with van der Waals surface area (Å²) in [4.78, 5) is 50.1. The number of nitrogens with zero attached hydrogens (tertiary/aromatic N) is 1. The molecule has 0 aliphatic carbocycles. The van der Waals surface area contributed by atoms with Crippen molar-refractivity contribution in [3.8, 4) is 0 Å². The molecular weight excluding hydrogens is 372 g/mol. The van der Waals surface area contributed by atoms with Crippen LogP contribution in [0.3, 0.4) is 0 Å². The van der Waals surface area contributed by atoms with E-state index >= 15 is 0 Å². The van der Waals surface area contributed by atoms with Crippen LogP contribution in [-0.2, 0) is 27.5 Å². The Morgan fingerprint density at radius 3 is 2.72 bits per heavy atom. The molecule has 29 heavy (non-hydrogen) atoms. The Kier molecular flexibility index (Phi) is 6.32. The summed E-state index contributed by atoms with van der Waals surface area (Å²) in [5, 5.41) is 5.22. The third-order valence-corrected chi connectivity index (χ3v) is 5.47. The summed E-state index contributed by atoms with van der Waals surface area (Å²) in [6, 6.07) is 4.81. The minimum Gasteiger partial charge on any atom is -0.352 e. The van der Waals surface area contributed by atoms with E-state index in [0.29, 0.717) is 37.5 Å². The highest BCUT2D eigenvalue weighted by atomic mass is 16.2. The maximum absolute atomic E-state index is 12.7. The van der Waals surface area contributed by atoms with E-state index in [0.717, 1.165) is 17.5 Å². The Bertz CT molecular complexity index is 836. The third kappa shape index (κ3) is 4.64. The van der Waals surface area contributed by atoms with Crippen LogP contribution in [-0.4, -0.2) is 41.1 Å². The number of hydrogen-bond donors (Lipinski definition) is 3. The van der Waals surface area contributed by atoms with Crippen LogP contribution >= 0.6 is 0 Å². The Balaban J connectivity index is 1.64. The van der Waals surface area contributed by atoms with Gasteiger partial charge in [-0.05, 0) is 36.0 Å². The average Bonchev–Trinajstić information content (AvgIpc) is 3.00. The van der Waals surface area contributed by atoms with Gasteiger partial charge >= 0.3 is 0 Å². The van der Waals surface area contributed by atoms with E-state index in [2.05, 4.69) is 24.5 Å². The van der Waals surface area contributed by atoms with Gasteiger partial charge in [0.1, 0.15) is 6.04 Å². The van der Waals surface area contributed by atoms with E-state index in [1.165, 1.54) is 4.90 Å². The van der Waals surface area contributed by atoms with Crippen LogP contribution in [0.25, 0.3) is 0 Å². The molecule has 0 spiro atoms. The molecule has 8 heteroatoms. The first-order chi connectivity index (χ1) is 13.8. The van der Waals surface area contributed by atoms with Gasteiger partial charge in [0.2, 0.25) is 17.7 Å². The highest BCUT2D eigenvalue weighted by Gasteiger charge is 2.39. The predicted molar refractivity (Wildman–Crippen MR) is 106 cm³/mol. The summed E-state index contributed by atoms with van der Waals surface area (Å²) in [5.41, 5.74) is 8.00. The molecule has 2 aliphatic rings. The SMILES string of the molecule is CC(C)CC(CN)C(=O)NCc1ccc2c(c1)CN(C1CCC(=O)NC1=O)C2=O. The van der Waals surface area contributed by atoms with Gasteiger partial charge < -0.3 is 16.0 Å². The second-order valence-corrected chi connectivity index (χ2v) is 8.17. The molecule has 2 atom stereocenters. The van der Waals surface area contributed by atoms with Crippen LogP contribution in [0.1, 0.15) is 54.6 Å². The van der Waals surface area contributed by atoms with E-state index in [4.69, 9.17) is 5.73 Å². The molecule has 3 rings (SSSR count). The van der Waals surface area contributed by atoms with Crippen molar-refractivity contribution in [3.05, 3.63) is 34.9 Å². The second kappa shape index (κ2) is 8.73. The van der Waals surface area contributed by atoms with Gasteiger partial charge in [0.25, 0.3) is 5.91 Å². The van der Waals surface area contributed by atoms with E-state index in [1.807, 2.05) is 12.1 Å². The molecule has 1 aromatic carbocycles. The zero-order valence-electron chi connectivity index (χ0n) is 16.9. The van der Waals surface area contributed by atoms with Gasteiger partial charge in [0.15, 0.2) is 0 Å². The van der Waals surface area contributed by atoms with Crippen molar-refractivity contribution in [3.63, 3.8) is 0 Å². The van der Waals surface area contributed by atoms with Crippen LogP contribution in [0.2, 0.25) is 0 Å². The summed E-state index contributed by atoms with van der Waals surface area (Å²) >= 11 is 0. The smallest absolute Gasteiger partial charge is 0.255 e. The molecule has 0 aromatic heterocycles. The number of rotatable bonds is 7. The molecule has 4 N–H and O–H groups in total. The van der Waals surface area contributed by atoms with Crippen LogP contribution in [0.5, 0.6) is 0 Å². The fourth-order valence-corrected chi connectivity index (χ4v) is 3.95. The van der Waals surface area contributed by atoms with Crippen molar-refractivity contribution in [2.24, 2.45) is 17.6 Å². The van der Waals surface area contributed by atoms with Crippen molar-refractivity contribution in [2.75, 3.05) is 6.54 Å². The van der Waals surface area contributed by atoms with Gasteiger partial charge in [0.05, 0.1) is 5.92 Å². The van der Waals surface area contributed by atoms with Gasteiger partial charge in [-0.25, -0.2) is 0 Å². The number of imide groups is 1. The number of nitrogens with two attached hydrogens (primary N) is 1. The Hall–Kier alpha value is -2.74. The number of fused-ring (bicyclic) bond motifs is 1. The fourth-order valence-electron chi connectivity index (χ4n) is 3.95. The number of carbonyl (C=O) groups excluding carboxylic acids is 4. The monoisotopic (exact) mass is 400 g/mol. The largest absolute Gasteiger partial charge is 0.352 e. The minimum atomic E-state index is -0.628. The van der Waals surface area contributed by atoms with Gasteiger partial charge in [-0.1, -0.05) is 26.0 Å². The standard InChI is InChI=1S/C21H28N4O4/c1-12(2)7-14(9-22)19(27)23-10-13-3-4-16-15(8-13)11-25(21(16)29)17-5-6-18(26)24-20(17)28/h3-4,8,12,14,17H,5-7,9-11,22H2,1-2H3,(H,23,27)(H,24,26,28). The lowest BCUT2D eigenvalue weighted by Gasteiger charge is -2.29. The third-order valence-electron chi connectivity index (χ3n) is 5.47. The molecule has 8 nitrogen and oxygen atoms in total. The minimum absolute atomic E-state index is 0.0667. The maximum Gasteiger partial charge on any atom is 0.255 e. The molecule has 1 aromatic rings. The summed E-state index contributed by atoms with van der Waals surface area (Å²) in [5.74, 6) is -0.824. The number of benzene rings is 1. The average molecular weight is 400 g/mol. The van der Waals surface area contributed by atoms with Crippen LogP contribution < -0.4 is 16.4 Å². The summed E-state index contributed by atoms with van der Waals surface area (Å²) < 4.78 is 0. The molecule has 2 unspecified atom stereocenters. The predicted octanol–water partition coefficient (Wildman–Crippen LogP) is 0.685. The van der Waals surface area contributed by atoms with Gasteiger partial charge in [-0.2, -0.15) is 0 Å². The van der Waals surface area contributed by atoms with Crippen molar-refractivity contribution in [1.82, 2.24) is 15.5 Å². The molecule has 0 bridgehead atoms. The number of hydrogen-bond acceptors (Lipinski definition) is 5. The fraction of sp³-hybridized carbons (Fsp3) is 0.524. The summed E-state index contributed by atoms with van der Waals surface area (Å²) in [6.45, 7) is 5.10. The van der Waals surface area contributed by atoms with Crippen molar-refractivity contribution < 1.29 is 19.2 Å². The highest BCUT2D eigenvalue weighted by Crippen LogP contribution is 2.28. The van der Waals surface area contributed by atoms with E-state index in [-0.39, 0.29) is 30.1 Å². The van der Waals surface area contributed by atoms with Crippen molar-refractivity contribution >= 4 is 23.6 Å². The lowest BCUT2D eigenvalue weighted by Crippen LogP contribution is -2.52. The number of carbonyl (C=O) groups is 4. The maximum atomic E-state index is 12.7. The van der Waals surface area contributed by atoms with Crippen LogP contribution in [0.4, 0.5) is 0 Å². The quantitative estimate of drug-likeness (QED) is 0.581. The zero-order chi connectivity index (χ0) is 21.1. The van der Waals surface area contributed by atoms with Crippen molar-refractivity contribution in [1.29, 1.82) is 0 Å². The Morgan fingerprint density at radius 1 is 1.31 bits per heavy atom. The molecule has 1 saturated heterocycles. The van der Waals surface area contributed by atoms with Crippen LogP contribution in [0.15, 0.2) is 18.2 Å². The van der Waals surface area contributed by atoms with E-state index < -0.39 is 11.9 Å². The van der Waals surface area contributed by atoms with Crippen LogP contribution in [0, 0.1) is 11.8 Å². The Morgan fingerprint density at radius 2 is 2.07 bits per heavy atom. The molecule has 2 heterocycles. The first-order valence-corrected chi connectivity index (χ1v) is 10.0. The number of nitrogens with one attached hydrogen (secondary N) is 2. The van der Waals surface area contributed by atoms with E-state index in [1.54, 1.807) is 6.07 Å².